The molecule has 1 aromatic rings. The molecule has 2 heterocycles. The summed E-state index contributed by atoms with van der Waals surface area (Å²) in [5, 5.41) is 3.44. The summed E-state index contributed by atoms with van der Waals surface area (Å²) in [6.45, 7) is 1.11. The summed E-state index contributed by atoms with van der Waals surface area (Å²) in [5.74, 6) is -0.406. The number of phosphoric ester groups is 1. The SMILES string of the molecule is Cc1cn([C@H]2CC(CN=[N+]=[N-])[C@@H](COP(=O)(O)O)O2)c(=O)[nH]c1=O. The Bertz CT molecular complexity index is 808. The number of hydrogen-bond donors (Lipinski definition) is 3. The van der Waals surface area contributed by atoms with Gasteiger partial charge in [0.05, 0.1) is 12.7 Å². The maximum Gasteiger partial charge on any atom is 0.469 e. The highest BCUT2D eigenvalue weighted by molar-refractivity contribution is 7.46. The van der Waals surface area contributed by atoms with Gasteiger partial charge in [0.2, 0.25) is 0 Å². The molecule has 0 aliphatic carbocycles. The summed E-state index contributed by atoms with van der Waals surface area (Å²) in [6.07, 6.45) is 0.0204. The molecule has 1 saturated heterocycles. The van der Waals surface area contributed by atoms with E-state index < -0.39 is 43.9 Å². The van der Waals surface area contributed by atoms with Crippen LogP contribution in [-0.2, 0) is 13.8 Å². The van der Waals surface area contributed by atoms with Gasteiger partial charge in [0.15, 0.2) is 0 Å². The Kier molecular flexibility index (Phi) is 5.60. The van der Waals surface area contributed by atoms with Crippen molar-refractivity contribution in [1.82, 2.24) is 9.55 Å². The molecule has 1 fully saturated rings. The van der Waals surface area contributed by atoms with Gasteiger partial charge in [-0.1, -0.05) is 5.11 Å². The van der Waals surface area contributed by atoms with E-state index in [-0.39, 0.29) is 13.0 Å². The van der Waals surface area contributed by atoms with Gasteiger partial charge in [0, 0.05) is 23.2 Å². The van der Waals surface area contributed by atoms with Crippen molar-refractivity contribution in [2.75, 3.05) is 13.2 Å². The van der Waals surface area contributed by atoms with Crippen LogP contribution in [0.2, 0.25) is 0 Å². The first-order valence-electron chi connectivity index (χ1n) is 6.89. The van der Waals surface area contributed by atoms with Crippen LogP contribution in [0.15, 0.2) is 20.9 Å². The number of phosphoric acid groups is 1. The van der Waals surface area contributed by atoms with E-state index in [1.807, 2.05) is 0 Å². The molecule has 1 aliphatic heterocycles. The fourth-order valence-electron chi connectivity index (χ4n) is 2.44. The van der Waals surface area contributed by atoms with E-state index in [1.54, 1.807) is 0 Å². The Morgan fingerprint density at radius 3 is 2.92 bits per heavy atom. The number of azide groups is 1. The number of ether oxygens (including phenoxy) is 1. The second-order valence-corrected chi connectivity index (χ2v) is 6.54. The molecule has 0 amide bonds. The van der Waals surface area contributed by atoms with Gasteiger partial charge >= 0.3 is 13.5 Å². The zero-order valence-corrected chi connectivity index (χ0v) is 13.5. The number of rotatable bonds is 6. The minimum absolute atomic E-state index is 0.0132. The van der Waals surface area contributed by atoms with E-state index >= 15 is 0 Å². The molecule has 0 spiro atoms. The smallest absolute Gasteiger partial charge is 0.352 e. The van der Waals surface area contributed by atoms with Crippen molar-refractivity contribution in [2.45, 2.75) is 25.7 Å². The Morgan fingerprint density at radius 1 is 1.58 bits per heavy atom. The van der Waals surface area contributed by atoms with Gasteiger partial charge in [0.1, 0.15) is 6.23 Å². The van der Waals surface area contributed by atoms with Crippen molar-refractivity contribution in [1.29, 1.82) is 0 Å². The number of aryl methyl sites for hydroxylation is 1. The Morgan fingerprint density at radius 2 is 2.29 bits per heavy atom. The van der Waals surface area contributed by atoms with Crippen molar-refractivity contribution in [3.8, 4) is 0 Å². The number of nitrogens with zero attached hydrogens (tertiary/aromatic N) is 4. The molecule has 2 rings (SSSR count). The number of H-pyrrole nitrogens is 1. The number of nitrogens with one attached hydrogen (secondary N) is 1. The van der Waals surface area contributed by atoms with Gasteiger partial charge in [-0.05, 0) is 24.8 Å². The van der Waals surface area contributed by atoms with E-state index in [0.717, 1.165) is 0 Å². The van der Waals surface area contributed by atoms with Crippen LogP contribution in [0.4, 0.5) is 0 Å². The van der Waals surface area contributed by atoms with E-state index in [0.29, 0.717) is 5.56 Å². The molecule has 0 radical (unpaired) electrons. The van der Waals surface area contributed by atoms with Crippen molar-refractivity contribution < 1.29 is 23.6 Å². The van der Waals surface area contributed by atoms with Gasteiger partial charge in [-0.2, -0.15) is 0 Å². The summed E-state index contributed by atoms with van der Waals surface area (Å²) in [5.41, 5.74) is 7.55. The summed E-state index contributed by atoms with van der Waals surface area (Å²) in [7, 11) is -4.69. The van der Waals surface area contributed by atoms with Crippen molar-refractivity contribution in [3.63, 3.8) is 0 Å². The first kappa shape index (κ1) is 18.4. The molecule has 13 heteroatoms. The van der Waals surface area contributed by atoms with Crippen LogP contribution in [-0.4, -0.2) is 38.6 Å². The van der Waals surface area contributed by atoms with Crippen LogP contribution in [0.25, 0.3) is 10.4 Å². The molecule has 1 aromatic heterocycles. The lowest BCUT2D eigenvalue weighted by Gasteiger charge is -2.17. The highest BCUT2D eigenvalue weighted by Gasteiger charge is 2.37. The highest BCUT2D eigenvalue weighted by atomic mass is 31.2. The topological polar surface area (TPSA) is 180 Å². The number of aromatic amines is 1. The maximum atomic E-state index is 11.9. The minimum atomic E-state index is -4.69. The fraction of sp³-hybridized carbons (Fsp3) is 0.636. The first-order chi connectivity index (χ1) is 11.2. The molecule has 0 aromatic carbocycles. The van der Waals surface area contributed by atoms with Gasteiger partial charge in [-0.15, -0.1) is 0 Å². The third kappa shape index (κ3) is 4.54. The summed E-state index contributed by atoms with van der Waals surface area (Å²) < 4.78 is 22.1. The highest BCUT2D eigenvalue weighted by Crippen LogP contribution is 2.39. The van der Waals surface area contributed by atoms with E-state index in [1.165, 1.54) is 17.7 Å². The average Bonchev–Trinajstić information content (AvgIpc) is 2.89. The van der Waals surface area contributed by atoms with E-state index in [2.05, 4.69) is 19.5 Å². The third-order valence-corrected chi connectivity index (χ3v) is 4.09. The van der Waals surface area contributed by atoms with E-state index in [4.69, 9.17) is 20.1 Å². The molecule has 132 valence electrons. The predicted octanol–water partition coefficient (Wildman–Crippen LogP) is 0.168. The lowest BCUT2D eigenvalue weighted by Crippen LogP contribution is -2.33. The number of aromatic nitrogens is 2. The quantitative estimate of drug-likeness (QED) is 0.279. The van der Waals surface area contributed by atoms with Gasteiger partial charge in [0.25, 0.3) is 5.56 Å². The molecular weight excluding hydrogens is 345 g/mol. The van der Waals surface area contributed by atoms with Crippen LogP contribution in [0.5, 0.6) is 0 Å². The molecule has 12 nitrogen and oxygen atoms in total. The zero-order valence-electron chi connectivity index (χ0n) is 12.6. The molecule has 0 bridgehead atoms. The molecule has 1 aliphatic rings. The first-order valence-corrected chi connectivity index (χ1v) is 8.43. The molecule has 3 atom stereocenters. The minimum Gasteiger partial charge on any atom is -0.352 e. The Hall–Kier alpha value is -1.94. The van der Waals surface area contributed by atoms with Gasteiger partial charge < -0.3 is 14.5 Å². The van der Waals surface area contributed by atoms with Crippen LogP contribution in [0, 0.1) is 12.8 Å². The largest absolute Gasteiger partial charge is 0.469 e. The fourth-order valence-corrected chi connectivity index (χ4v) is 2.78. The number of hydrogen-bond acceptors (Lipinski definition) is 6. The molecule has 1 unspecified atom stereocenters. The van der Waals surface area contributed by atoms with Crippen molar-refractivity contribution in [3.05, 3.63) is 43.0 Å². The second kappa shape index (κ2) is 7.31. The zero-order chi connectivity index (χ0) is 17.9. The molecular formula is C11H16N5O7P. The third-order valence-electron chi connectivity index (χ3n) is 3.60. The summed E-state index contributed by atoms with van der Waals surface area (Å²) >= 11 is 0. The van der Waals surface area contributed by atoms with Crippen LogP contribution in [0.1, 0.15) is 18.2 Å². The standard InChI is InChI=1S/C11H16N5O7P/c1-6-4-16(11(18)14-10(6)17)9-2-7(3-13-15-12)8(23-9)5-22-24(19,20)21/h4,7-9H,2-3,5H2,1H3,(H,14,17,18)(H2,19,20,21)/t7?,8-,9-/m1/s1. The van der Waals surface area contributed by atoms with Crippen LogP contribution < -0.4 is 11.2 Å². The Balaban J connectivity index is 2.23. The lowest BCUT2D eigenvalue weighted by molar-refractivity contribution is -0.0315. The maximum absolute atomic E-state index is 11.9. The molecule has 3 N–H and O–H groups in total. The summed E-state index contributed by atoms with van der Waals surface area (Å²) in [6, 6.07) is 0. The predicted molar refractivity (Wildman–Crippen MR) is 80.1 cm³/mol. The van der Waals surface area contributed by atoms with Gasteiger partial charge in [-0.3, -0.25) is 18.9 Å². The monoisotopic (exact) mass is 361 g/mol. The normalized spacial score (nSPS) is 23.9. The van der Waals surface area contributed by atoms with Crippen molar-refractivity contribution >= 4 is 7.82 Å². The second-order valence-electron chi connectivity index (χ2n) is 5.30. The summed E-state index contributed by atoms with van der Waals surface area (Å²) in [4.78, 5) is 45.7. The lowest BCUT2D eigenvalue weighted by atomic mass is 10.0. The molecule has 0 saturated carbocycles. The Labute approximate surface area is 134 Å². The van der Waals surface area contributed by atoms with Crippen molar-refractivity contribution in [2.24, 2.45) is 11.0 Å². The van der Waals surface area contributed by atoms with Gasteiger partial charge in [-0.25, -0.2) is 9.36 Å². The van der Waals surface area contributed by atoms with Crippen LogP contribution >= 0.6 is 7.82 Å². The van der Waals surface area contributed by atoms with Crippen LogP contribution in [0.3, 0.4) is 0 Å². The van der Waals surface area contributed by atoms with E-state index in [9.17, 15) is 14.2 Å². The average molecular weight is 361 g/mol. The molecule has 24 heavy (non-hydrogen) atoms.